The van der Waals surface area contributed by atoms with Crippen LogP contribution in [0.1, 0.15) is 33.2 Å². The van der Waals surface area contributed by atoms with E-state index < -0.39 is 47.1 Å². The standard InChI is InChI=1S/C19H18F4N2O3/c1-10-5-3-4-6-12(10)16(26)15(18(28)24-2)25-17(27)13-8-7-11(20)9-14(13)19(21,22)23/h3-9,15-16,26H,1-2H3,(H,24,28)(H,25,27). The number of nitrogens with one attached hydrogen (secondary N) is 2. The Morgan fingerprint density at radius 1 is 1.11 bits per heavy atom. The molecule has 2 aromatic rings. The molecular formula is C19H18F4N2O3. The first-order chi connectivity index (χ1) is 13.1. The highest BCUT2D eigenvalue weighted by molar-refractivity contribution is 5.99. The van der Waals surface area contributed by atoms with Crippen molar-refractivity contribution >= 4 is 11.8 Å². The quantitative estimate of drug-likeness (QED) is 0.678. The lowest BCUT2D eigenvalue weighted by molar-refractivity contribution is -0.138. The predicted octanol–water partition coefficient (Wildman–Crippen LogP) is 2.73. The van der Waals surface area contributed by atoms with Gasteiger partial charge in [-0.25, -0.2) is 4.39 Å². The molecule has 28 heavy (non-hydrogen) atoms. The second-order valence-electron chi connectivity index (χ2n) is 6.05. The number of aliphatic hydroxyl groups is 1. The van der Waals surface area contributed by atoms with Gasteiger partial charge in [0.05, 0.1) is 11.1 Å². The van der Waals surface area contributed by atoms with Crippen molar-refractivity contribution in [2.45, 2.75) is 25.2 Å². The van der Waals surface area contributed by atoms with E-state index in [4.69, 9.17) is 0 Å². The lowest BCUT2D eigenvalue weighted by atomic mass is 9.96. The molecule has 0 aromatic heterocycles. The summed E-state index contributed by atoms with van der Waals surface area (Å²) in [6.07, 6.45) is -6.49. The zero-order valence-corrected chi connectivity index (χ0v) is 15.0. The Hall–Kier alpha value is -2.94. The van der Waals surface area contributed by atoms with Crippen LogP contribution in [0, 0.1) is 12.7 Å². The Bertz CT molecular complexity index is 884. The van der Waals surface area contributed by atoms with Gasteiger partial charge in [-0.1, -0.05) is 24.3 Å². The monoisotopic (exact) mass is 398 g/mol. The van der Waals surface area contributed by atoms with Crippen molar-refractivity contribution in [1.82, 2.24) is 10.6 Å². The molecule has 0 aliphatic heterocycles. The molecule has 0 fully saturated rings. The van der Waals surface area contributed by atoms with Crippen molar-refractivity contribution in [3.8, 4) is 0 Å². The highest BCUT2D eigenvalue weighted by Crippen LogP contribution is 2.32. The number of likely N-dealkylation sites (N-methyl/N-ethyl adjacent to an activating group) is 1. The number of hydrogen-bond donors (Lipinski definition) is 3. The molecule has 2 atom stereocenters. The molecule has 2 amide bonds. The Morgan fingerprint density at radius 3 is 2.32 bits per heavy atom. The molecule has 5 nitrogen and oxygen atoms in total. The van der Waals surface area contributed by atoms with Crippen LogP contribution in [-0.4, -0.2) is 30.0 Å². The average Bonchev–Trinajstić information content (AvgIpc) is 2.64. The SMILES string of the molecule is CNC(=O)C(NC(=O)c1ccc(F)cc1C(F)(F)F)C(O)c1ccccc1C. The van der Waals surface area contributed by atoms with Crippen LogP contribution in [0.3, 0.4) is 0 Å². The zero-order valence-electron chi connectivity index (χ0n) is 15.0. The van der Waals surface area contributed by atoms with Crippen molar-refractivity contribution in [2.75, 3.05) is 7.05 Å². The number of amides is 2. The van der Waals surface area contributed by atoms with Crippen LogP contribution in [0.2, 0.25) is 0 Å². The van der Waals surface area contributed by atoms with E-state index in [0.717, 1.165) is 0 Å². The maximum Gasteiger partial charge on any atom is 0.417 e. The van der Waals surface area contributed by atoms with E-state index in [1.807, 2.05) is 0 Å². The minimum absolute atomic E-state index is 0.196. The molecule has 2 rings (SSSR count). The maximum atomic E-state index is 13.2. The topological polar surface area (TPSA) is 78.4 Å². The number of rotatable bonds is 5. The van der Waals surface area contributed by atoms with E-state index in [0.29, 0.717) is 23.3 Å². The molecule has 0 radical (unpaired) electrons. The van der Waals surface area contributed by atoms with Gasteiger partial charge in [-0.05, 0) is 36.2 Å². The summed E-state index contributed by atoms with van der Waals surface area (Å²) in [4.78, 5) is 24.6. The Kier molecular flexibility index (Phi) is 6.40. The minimum atomic E-state index is -4.98. The lowest BCUT2D eigenvalue weighted by Gasteiger charge is -2.25. The normalized spacial score (nSPS) is 13.5. The van der Waals surface area contributed by atoms with Crippen molar-refractivity contribution in [3.05, 3.63) is 70.5 Å². The molecule has 3 N–H and O–H groups in total. The fraction of sp³-hybridized carbons (Fsp3) is 0.263. The lowest BCUT2D eigenvalue weighted by Crippen LogP contribution is -2.49. The summed E-state index contributed by atoms with van der Waals surface area (Å²) in [5.74, 6) is -3.24. The number of carbonyl (C=O) groups is 2. The molecule has 0 spiro atoms. The number of halogens is 4. The summed E-state index contributed by atoms with van der Waals surface area (Å²) < 4.78 is 52.7. The number of alkyl halides is 3. The van der Waals surface area contributed by atoms with Crippen LogP contribution in [0.5, 0.6) is 0 Å². The molecule has 0 saturated carbocycles. The van der Waals surface area contributed by atoms with Gasteiger partial charge in [0, 0.05) is 7.05 Å². The first-order valence-corrected chi connectivity index (χ1v) is 8.19. The van der Waals surface area contributed by atoms with Crippen LogP contribution in [-0.2, 0) is 11.0 Å². The van der Waals surface area contributed by atoms with Gasteiger partial charge in [-0.3, -0.25) is 9.59 Å². The first-order valence-electron chi connectivity index (χ1n) is 8.19. The van der Waals surface area contributed by atoms with E-state index >= 15 is 0 Å². The molecule has 2 unspecified atom stereocenters. The van der Waals surface area contributed by atoms with Crippen molar-refractivity contribution in [3.63, 3.8) is 0 Å². The molecule has 2 aromatic carbocycles. The summed E-state index contributed by atoms with van der Waals surface area (Å²) in [6.45, 7) is 1.67. The van der Waals surface area contributed by atoms with Crippen LogP contribution < -0.4 is 10.6 Å². The van der Waals surface area contributed by atoms with Crippen LogP contribution in [0.4, 0.5) is 17.6 Å². The second kappa shape index (κ2) is 8.39. The third-order valence-corrected chi connectivity index (χ3v) is 4.17. The summed E-state index contributed by atoms with van der Waals surface area (Å²) in [6, 6.07) is 6.52. The van der Waals surface area contributed by atoms with Gasteiger partial charge in [0.15, 0.2) is 0 Å². The van der Waals surface area contributed by atoms with Crippen LogP contribution in [0.15, 0.2) is 42.5 Å². The van der Waals surface area contributed by atoms with Gasteiger partial charge >= 0.3 is 6.18 Å². The highest BCUT2D eigenvalue weighted by Gasteiger charge is 2.37. The smallest absolute Gasteiger partial charge is 0.386 e. The van der Waals surface area contributed by atoms with Crippen LogP contribution in [0.25, 0.3) is 0 Å². The third kappa shape index (κ3) is 4.66. The van der Waals surface area contributed by atoms with Crippen molar-refractivity contribution in [1.29, 1.82) is 0 Å². The van der Waals surface area contributed by atoms with Gasteiger partial charge in [-0.15, -0.1) is 0 Å². The largest absolute Gasteiger partial charge is 0.417 e. The van der Waals surface area contributed by atoms with Gasteiger partial charge in [0.2, 0.25) is 5.91 Å². The predicted molar refractivity (Wildman–Crippen MR) is 92.9 cm³/mol. The number of aryl methyl sites for hydroxylation is 1. The second-order valence-corrected chi connectivity index (χ2v) is 6.05. The minimum Gasteiger partial charge on any atom is -0.386 e. The van der Waals surface area contributed by atoms with E-state index in [1.54, 1.807) is 25.1 Å². The molecule has 0 saturated heterocycles. The molecule has 9 heteroatoms. The fourth-order valence-electron chi connectivity index (χ4n) is 2.71. The first kappa shape index (κ1) is 21.4. The van der Waals surface area contributed by atoms with Crippen LogP contribution >= 0.6 is 0 Å². The number of hydrogen-bond acceptors (Lipinski definition) is 3. The number of carbonyl (C=O) groups excluding carboxylic acids is 2. The number of aliphatic hydroxyl groups excluding tert-OH is 1. The average molecular weight is 398 g/mol. The van der Waals surface area contributed by atoms with Gasteiger partial charge in [0.25, 0.3) is 5.91 Å². The summed E-state index contributed by atoms with van der Waals surface area (Å²) >= 11 is 0. The van der Waals surface area contributed by atoms with Gasteiger partial charge in [0.1, 0.15) is 18.0 Å². The Labute approximate surface area is 158 Å². The maximum absolute atomic E-state index is 13.2. The van der Waals surface area contributed by atoms with E-state index in [9.17, 15) is 32.3 Å². The summed E-state index contributed by atoms with van der Waals surface area (Å²) in [7, 11) is 1.26. The van der Waals surface area contributed by atoms with Gasteiger partial charge in [-0.2, -0.15) is 13.2 Å². The molecular weight excluding hydrogens is 380 g/mol. The highest BCUT2D eigenvalue weighted by atomic mass is 19.4. The molecule has 150 valence electrons. The molecule has 0 heterocycles. The third-order valence-electron chi connectivity index (χ3n) is 4.17. The molecule has 0 aliphatic rings. The number of benzene rings is 2. The fourth-order valence-corrected chi connectivity index (χ4v) is 2.71. The molecule has 0 bridgehead atoms. The molecule has 0 aliphatic carbocycles. The van der Waals surface area contributed by atoms with Crippen molar-refractivity contribution in [2.24, 2.45) is 0 Å². The summed E-state index contributed by atoms with van der Waals surface area (Å²) in [5.41, 5.74) is -1.40. The Morgan fingerprint density at radius 2 is 1.75 bits per heavy atom. The van der Waals surface area contributed by atoms with Gasteiger partial charge < -0.3 is 15.7 Å². The zero-order chi connectivity index (χ0) is 21.1. The van der Waals surface area contributed by atoms with E-state index in [-0.39, 0.29) is 6.07 Å². The van der Waals surface area contributed by atoms with E-state index in [1.165, 1.54) is 13.1 Å². The van der Waals surface area contributed by atoms with E-state index in [2.05, 4.69) is 10.6 Å². The summed E-state index contributed by atoms with van der Waals surface area (Å²) in [5, 5.41) is 14.9. The Balaban J connectivity index is 2.40. The van der Waals surface area contributed by atoms with Crippen molar-refractivity contribution < 1.29 is 32.3 Å².